The maximum atomic E-state index is 12.4. The smallest absolute Gasteiger partial charge is 0.337 e. The fraction of sp³-hybridized carbons (Fsp3) is 0.316. The molecule has 28 heavy (non-hydrogen) atoms. The van der Waals surface area contributed by atoms with Gasteiger partial charge in [0.2, 0.25) is 0 Å². The Bertz CT molecular complexity index is 801. The molecule has 0 spiro atoms. The number of nitrogens with zero attached hydrogens (tertiary/aromatic N) is 1. The molecule has 2 N–H and O–H groups in total. The number of carbonyl (C=O) groups excluding carboxylic acids is 1. The Morgan fingerprint density at radius 1 is 1.21 bits per heavy atom. The van der Waals surface area contributed by atoms with Gasteiger partial charge in [0, 0.05) is 30.7 Å². The molecule has 2 rings (SSSR count). The third-order valence-electron chi connectivity index (χ3n) is 3.57. The maximum absolute atomic E-state index is 12.4. The van der Waals surface area contributed by atoms with Crippen LogP contribution >= 0.6 is 23.4 Å². The van der Waals surface area contributed by atoms with Gasteiger partial charge in [-0.1, -0.05) is 11.6 Å². The van der Waals surface area contributed by atoms with E-state index in [0.29, 0.717) is 25.4 Å². The normalized spacial score (nSPS) is 10.6. The highest BCUT2D eigenvalue weighted by Crippen LogP contribution is 2.22. The Labute approximate surface area is 172 Å². The maximum Gasteiger partial charge on any atom is 0.337 e. The number of benzene rings is 1. The van der Waals surface area contributed by atoms with Crippen molar-refractivity contribution in [2.75, 3.05) is 38.0 Å². The predicted octanol–water partition coefficient (Wildman–Crippen LogP) is 3.83. The van der Waals surface area contributed by atoms with Gasteiger partial charge in [-0.25, -0.2) is 9.78 Å². The predicted molar refractivity (Wildman–Crippen MR) is 109 cm³/mol. The Kier molecular flexibility index (Phi) is 9.22. The Morgan fingerprint density at radius 3 is 2.71 bits per heavy atom. The summed E-state index contributed by atoms with van der Waals surface area (Å²) in [6.07, 6.45) is 2.34. The van der Waals surface area contributed by atoms with Crippen molar-refractivity contribution >= 4 is 40.9 Å². The van der Waals surface area contributed by atoms with Crippen LogP contribution < -0.4 is 5.32 Å². The minimum absolute atomic E-state index is 0.0753. The largest absolute Gasteiger partial charge is 0.478 e. The van der Waals surface area contributed by atoms with Gasteiger partial charge in [-0.05, 0) is 36.8 Å². The van der Waals surface area contributed by atoms with Crippen LogP contribution in [0.1, 0.15) is 27.1 Å². The first-order valence-electron chi connectivity index (χ1n) is 8.51. The van der Waals surface area contributed by atoms with E-state index in [1.165, 1.54) is 24.4 Å². The van der Waals surface area contributed by atoms with Crippen LogP contribution in [0.4, 0.5) is 5.69 Å². The number of methoxy groups -OCH3 is 1. The number of anilines is 1. The second-order valence-electron chi connectivity index (χ2n) is 5.64. The molecule has 0 bridgehead atoms. The summed E-state index contributed by atoms with van der Waals surface area (Å²) in [5.41, 5.74) is 0.432. The van der Waals surface area contributed by atoms with Crippen LogP contribution in [0, 0.1) is 0 Å². The van der Waals surface area contributed by atoms with E-state index >= 15 is 0 Å². The number of carboxylic acids is 1. The van der Waals surface area contributed by atoms with Crippen molar-refractivity contribution in [3.63, 3.8) is 0 Å². The topological polar surface area (TPSA) is 97.8 Å². The highest BCUT2D eigenvalue weighted by atomic mass is 35.5. The number of aromatic nitrogens is 1. The van der Waals surface area contributed by atoms with Crippen molar-refractivity contribution < 1.29 is 24.2 Å². The van der Waals surface area contributed by atoms with Crippen LogP contribution in [0.25, 0.3) is 0 Å². The molecule has 0 saturated carbocycles. The van der Waals surface area contributed by atoms with Gasteiger partial charge in [0.25, 0.3) is 5.91 Å². The fourth-order valence-electron chi connectivity index (χ4n) is 2.18. The molecule has 7 nitrogen and oxygen atoms in total. The Morgan fingerprint density at radius 2 is 2.04 bits per heavy atom. The van der Waals surface area contributed by atoms with Crippen molar-refractivity contribution in [3.8, 4) is 0 Å². The lowest BCUT2D eigenvalue weighted by atomic mass is 10.1. The number of nitrogens with one attached hydrogen (secondary N) is 1. The molecule has 1 amide bonds. The van der Waals surface area contributed by atoms with Crippen LogP contribution in [0.3, 0.4) is 0 Å². The van der Waals surface area contributed by atoms with Gasteiger partial charge in [0.05, 0.1) is 35.1 Å². The number of halogens is 1. The summed E-state index contributed by atoms with van der Waals surface area (Å²) in [7, 11) is 1.63. The summed E-state index contributed by atoms with van der Waals surface area (Å²) < 4.78 is 10.3. The SMILES string of the molecule is COCCOCCCSc1ccc(C(=O)Nc2ccc(Cl)cc2C(=O)O)cn1. The first kappa shape index (κ1) is 22.2. The van der Waals surface area contributed by atoms with E-state index in [4.69, 9.17) is 21.1 Å². The molecule has 150 valence electrons. The van der Waals surface area contributed by atoms with Crippen molar-refractivity contribution in [2.24, 2.45) is 0 Å². The Hall–Kier alpha value is -2.13. The van der Waals surface area contributed by atoms with E-state index in [-0.39, 0.29) is 16.3 Å². The second kappa shape index (κ2) is 11.7. The van der Waals surface area contributed by atoms with Gasteiger partial charge in [-0.15, -0.1) is 11.8 Å². The number of hydrogen-bond acceptors (Lipinski definition) is 6. The molecule has 1 aromatic heterocycles. The third-order valence-corrected chi connectivity index (χ3v) is 4.84. The zero-order valence-corrected chi connectivity index (χ0v) is 16.9. The number of ether oxygens (including phenoxy) is 2. The molecule has 0 aliphatic carbocycles. The average Bonchev–Trinajstić information content (AvgIpc) is 2.69. The lowest BCUT2D eigenvalue weighted by Crippen LogP contribution is -2.15. The van der Waals surface area contributed by atoms with Gasteiger partial charge in [-0.2, -0.15) is 0 Å². The molecular formula is C19H21ClN2O5S. The summed E-state index contributed by atoms with van der Waals surface area (Å²) in [6.45, 7) is 1.83. The van der Waals surface area contributed by atoms with Gasteiger partial charge < -0.3 is 19.9 Å². The molecule has 0 radical (unpaired) electrons. The molecule has 0 atom stereocenters. The standard InChI is InChI=1S/C19H21ClN2O5S/c1-26-8-9-27-7-2-10-28-17-6-3-13(12-21-17)18(23)22-16-5-4-14(20)11-15(16)19(24)25/h3-6,11-12H,2,7-10H2,1H3,(H,22,23)(H,24,25). The third kappa shape index (κ3) is 7.12. The van der Waals surface area contributed by atoms with Crippen LogP contribution in [0.2, 0.25) is 5.02 Å². The minimum Gasteiger partial charge on any atom is -0.478 e. The number of hydrogen-bond donors (Lipinski definition) is 2. The quantitative estimate of drug-likeness (QED) is 0.417. The van der Waals surface area contributed by atoms with E-state index in [1.54, 1.807) is 31.0 Å². The van der Waals surface area contributed by atoms with Gasteiger partial charge >= 0.3 is 5.97 Å². The molecule has 0 unspecified atom stereocenters. The summed E-state index contributed by atoms with van der Waals surface area (Å²) in [5.74, 6) is -0.771. The molecule has 0 fully saturated rings. The van der Waals surface area contributed by atoms with Gasteiger partial charge in [0.1, 0.15) is 0 Å². The molecule has 9 heteroatoms. The number of thioether (sulfide) groups is 1. The average molecular weight is 425 g/mol. The summed E-state index contributed by atoms with van der Waals surface area (Å²) >= 11 is 7.38. The zero-order valence-electron chi connectivity index (χ0n) is 15.3. The van der Waals surface area contributed by atoms with Crippen LogP contribution in [-0.4, -0.2) is 54.7 Å². The van der Waals surface area contributed by atoms with Crippen LogP contribution in [0.15, 0.2) is 41.6 Å². The number of aromatic carboxylic acids is 1. The highest BCUT2D eigenvalue weighted by Gasteiger charge is 2.14. The van der Waals surface area contributed by atoms with E-state index in [0.717, 1.165) is 17.2 Å². The molecule has 1 aromatic carbocycles. The lowest BCUT2D eigenvalue weighted by molar-refractivity contribution is 0.0698. The van der Waals surface area contributed by atoms with E-state index in [9.17, 15) is 14.7 Å². The van der Waals surface area contributed by atoms with Crippen molar-refractivity contribution in [1.29, 1.82) is 0 Å². The monoisotopic (exact) mass is 424 g/mol. The summed E-state index contributed by atoms with van der Waals surface area (Å²) in [5, 5.41) is 12.9. The number of amides is 1. The van der Waals surface area contributed by atoms with E-state index < -0.39 is 11.9 Å². The van der Waals surface area contributed by atoms with Crippen LogP contribution in [-0.2, 0) is 9.47 Å². The van der Waals surface area contributed by atoms with E-state index in [2.05, 4.69) is 10.3 Å². The van der Waals surface area contributed by atoms with Crippen molar-refractivity contribution in [1.82, 2.24) is 4.98 Å². The minimum atomic E-state index is -1.17. The fourth-order valence-corrected chi connectivity index (χ4v) is 3.11. The molecule has 0 aliphatic rings. The van der Waals surface area contributed by atoms with Crippen molar-refractivity contribution in [2.45, 2.75) is 11.4 Å². The number of carboxylic acid groups (broad SMARTS) is 1. The zero-order chi connectivity index (χ0) is 20.4. The highest BCUT2D eigenvalue weighted by molar-refractivity contribution is 7.99. The second-order valence-corrected chi connectivity index (χ2v) is 7.19. The molecule has 0 aliphatic heterocycles. The molecular weight excluding hydrogens is 404 g/mol. The first-order chi connectivity index (χ1) is 13.5. The van der Waals surface area contributed by atoms with Crippen LogP contribution in [0.5, 0.6) is 0 Å². The molecule has 2 aromatic rings. The number of carbonyl (C=O) groups is 2. The van der Waals surface area contributed by atoms with E-state index in [1.807, 2.05) is 0 Å². The number of rotatable bonds is 11. The van der Waals surface area contributed by atoms with Gasteiger partial charge in [0.15, 0.2) is 0 Å². The number of pyridine rings is 1. The lowest BCUT2D eigenvalue weighted by Gasteiger charge is -2.09. The first-order valence-corrected chi connectivity index (χ1v) is 9.87. The summed E-state index contributed by atoms with van der Waals surface area (Å²) in [6, 6.07) is 7.66. The Balaban J connectivity index is 1.86. The van der Waals surface area contributed by atoms with Crippen molar-refractivity contribution in [3.05, 3.63) is 52.7 Å². The molecule has 0 saturated heterocycles. The summed E-state index contributed by atoms with van der Waals surface area (Å²) in [4.78, 5) is 27.9. The molecule has 1 heterocycles. The van der Waals surface area contributed by atoms with Gasteiger partial charge in [-0.3, -0.25) is 4.79 Å².